The van der Waals surface area contributed by atoms with E-state index >= 15 is 0 Å². The number of rotatable bonds is 9. The van der Waals surface area contributed by atoms with Gasteiger partial charge in [-0.05, 0) is 44.2 Å². The molecule has 1 atom stereocenters. The maximum atomic E-state index is 11.9. The average Bonchev–Trinajstić information content (AvgIpc) is 3.50. The van der Waals surface area contributed by atoms with Crippen LogP contribution >= 0.6 is 0 Å². The monoisotopic (exact) mass is 405 g/mol. The molecule has 0 heterocycles. The molecule has 9 heteroatoms. The number of carbonyl (C=O) groups is 2. The number of hydrogen-bond acceptors (Lipinski definition) is 6. The van der Waals surface area contributed by atoms with Crippen molar-refractivity contribution in [2.24, 2.45) is 5.92 Å². The summed E-state index contributed by atoms with van der Waals surface area (Å²) in [5.74, 6) is -1.40. The molecule has 1 aromatic carbocycles. The Morgan fingerprint density at radius 3 is 2.54 bits per heavy atom. The van der Waals surface area contributed by atoms with Crippen molar-refractivity contribution in [2.75, 3.05) is 13.2 Å². The molecule has 1 aliphatic carbocycles. The van der Waals surface area contributed by atoms with Crippen molar-refractivity contribution in [3.63, 3.8) is 0 Å². The fraction of sp³-hybridized carbons (Fsp3) is 0.421. The van der Waals surface area contributed by atoms with Gasteiger partial charge in [0, 0.05) is 5.41 Å². The van der Waals surface area contributed by atoms with E-state index in [1.165, 1.54) is 6.08 Å². The molecule has 0 aromatic heterocycles. The van der Waals surface area contributed by atoms with Gasteiger partial charge >= 0.3 is 5.97 Å². The maximum absolute atomic E-state index is 11.9. The summed E-state index contributed by atoms with van der Waals surface area (Å²) >= 11 is 0. The van der Waals surface area contributed by atoms with Crippen LogP contribution in [0.3, 0.4) is 0 Å². The highest BCUT2D eigenvalue weighted by molar-refractivity contribution is 7.92. The smallest absolute Gasteiger partial charge is 0.321 e. The molecule has 8 nitrogen and oxygen atoms in total. The molecule has 2 N–H and O–H groups in total. The van der Waals surface area contributed by atoms with Crippen molar-refractivity contribution >= 4 is 28.0 Å². The minimum Gasteiger partial charge on any atom is -0.455 e. The van der Waals surface area contributed by atoms with Gasteiger partial charge in [0.2, 0.25) is 10.0 Å². The van der Waals surface area contributed by atoms with Gasteiger partial charge < -0.3 is 10.1 Å². The van der Waals surface area contributed by atoms with Crippen molar-refractivity contribution in [3.05, 3.63) is 40.8 Å². The molecule has 0 saturated heterocycles. The first kappa shape index (κ1) is 21.6. The minimum atomic E-state index is -3.83. The Morgan fingerprint density at radius 1 is 1.32 bits per heavy atom. The second-order valence-corrected chi connectivity index (χ2v) is 8.53. The van der Waals surface area contributed by atoms with Crippen LogP contribution in [0.15, 0.2) is 29.7 Å². The zero-order chi connectivity index (χ0) is 20.8. The number of sulfonamides is 1. The van der Waals surface area contributed by atoms with Gasteiger partial charge in [-0.15, -0.1) is 0 Å². The number of hydrogen-bond donors (Lipinski definition) is 2. The fourth-order valence-corrected chi connectivity index (χ4v) is 3.21. The van der Waals surface area contributed by atoms with E-state index in [-0.39, 0.29) is 5.92 Å². The molecular formula is C19H23N3O5S. The van der Waals surface area contributed by atoms with Crippen LogP contribution < -0.4 is 10.0 Å². The Morgan fingerprint density at radius 2 is 1.96 bits per heavy atom. The quantitative estimate of drug-likeness (QED) is 0.596. The number of ether oxygens (including phenoxy) is 1. The number of nitrogens with one attached hydrogen (secondary N) is 2. The van der Waals surface area contributed by atoms with Gasteiger partial charge in [-0.3, -0.25) is 9.59 Å². The Balaban J connectivity index is 1.75. The van der Waals surface area contributed by atoms with Gasteiger partial charge in [-0.2, -0.15) is 5.26 Å². The summed E-state index contributed by atoms with van der Waals surface area (Å²) in [5, 5.41) is 12.7. The first-order valence-electron chi connectivity index (χ1n) is 8.76. The number of amides is 1. The molecule has 150 valence electrons. The lowest BCUT2D eigenvalue weighted by Gasteiger charge is -2.22. The van der Waals surface area contributed by atoms with E-state index in [1.54, 1.807) is 19.1 Å². The van der Waals surface area contributed by atoms with Crippen molar-refractivity contribution in [1.82, 2.24) is 10.0 Å². The molecular weight excluding hydrogens is 382 g/mol. The van der Waals surface area contributed by atoms with Crippen LogP contribution in [0, 0.1) is 24.2 Å². The van der Waals surface area contributed by atoms with Crippen LogP contribution in [0.2, 0.25) is 0 Å². The number of benzene rings is 1. The zero-order valence-corrected chi connectivity index (χ0v) is 16.6. The van der Waals surface area contributed by atoms with Gasteiger partial charge in [0.1, 0.15) is 12.1 Å². The van der Waals surface area contributed by atoms with E-state index in [0.717, 1.165) is 23.8 Å². The topological polar surface area (TPSA) is 125 Å². The molecule has 0 spiro atoms. The Bertz CT molecular complexity index is 898. The number of nitrogens with zero attached hydrogens (tertiary/aromatic N) is 1. The second-order valence-electron chi connectivity index (χ2n) is 6.88. The van der Waals surface area contributed by atoms with Crippen LogP contribution in [0.5, 0.6) is 0 Å². The molecule has 1 amide bonds. The molecule has 0 radical (unpaired) electrons. The number of carbonyl (C=O) groups excluding carboxylic acids is 2. The number of aryl methyl sites for hydroxylation is 1. The third-order valence-electron chi connectivity index (χ3n) is 4.32. The SMILES string of the molecule is Cc1ccc(/C=C/S(=O)(=O)NCC(=O)OCC(=O)NC(C)(C#N)C2CC2)cc1. The fourth-order valence-electron chi connectivity index (χ4n) is 2.46. The van der Waals surface area contributed by atoms with Crippen molar-refractivity contribution in [3.8, 4) is 6.07 Å². The van der Waals surface area contributed by atoms with E-state index in [1.807, 2.05) is 19.1 Å². The van der Waals surface area contributed by atoms with Crippen LogP contribution in [-0.4, -0.2) is 39.0 Å². The van der Waals surface area contributed by atoms with E-state index in [4.69, 9.17) is 4.74 Å². The van der Waals surface area contributed by atoms with Crippen LogP contribution in [0.25, 0.3) is 6.08 Å². The molecule has 28 heavy (non-hydrogen) atoms. The summed E-state index contributed by atoms with van der Waals surface area (Å²) in [6.45, 7) is 2.36. The molecule has 1 saturated carbocycles. The van der Waals surface area contributed by atoms with Crippen LogP contribution in [0.4, 0.5) is 0 Å². The third kappa shape index (κ3) is 6.79. The summed E-state index contributed by atoms with van der Waals surface area (Å²) in [4.78, 5) is 23.5. The van der Waals surface area contributed by atoms with Crippen molar-refractivity contribution in [1.29, 1.82) is 5.26 Å². The standard InChI is InChI=1S/C19H23N3O5S/c1-14-3-5-15(6-4-14)9-10-28(25,26)21-11-18(24)27-12-17(23)22-19(2,13-20)16-7-8-16/h3-6,9-10,16,21H,7-8,11-12H2,1-2H3,(H,22,23)/b10-9+. The maximum Gasteiger partial charge on any atom is 0.321 e. The molecule has 1 aliphatic rings. The summed E-state index contributed by atoms with van der Waals surface area (Å²) in [5.41, 5.74) is 0.773. The van der Waals surface area contributed by atoms with E-state index in [2.05, 4.69) is 16.1 Å². The highest BCUT2D eigenvalue weighted by Gasteiger charge is 2.43. The van der Waals surface area contributed by atoms with Crippen LogP contribution in [-0.2, 0) is 24.3 Å². The first-order chi connectivity index (χ1) is 13.1. The minimum absolute atomic E-state index is 0.101. The molecule has 2 rings (SSSR count). The van der Waals surface area contributed by atoms with Crippen LogP contribution in [0.1, 0.15) is 30.9 Å². The van der Waals surface area contributed by atoms with Crippen molar-refractivity contribution in [2.45, 2.75) is 32.2 Å². The lowest BCUT2D eigenvalue weighted by atomic mass is 9.98. The predicted molar refractivity (Wildman–Crippen MR) is 103 cm³/mol. The number of nitriles is 1. The van der Waals surface area contributed by atoms with E-state index in [0.29, 0.717) is 5.56 Å². The van der Waals surface area contributed by atoms with Gasteiger partial charge in [-0.25, -0.2) is 13.1 Å². The van der Waals surface area contributed by atoms with Crippen molar-refractivity contribution < 1.29 is 22.7 Å². The molecule has 1 aromatic rings. The Labute approximate surface area is 164 Å². The van der Waals surface area contributed by atoms with E-state index < -0.39 is 40.6 Å². The highest BCUT2D eigenvalue weighted by atomic mass is 32.2. The second kappa shape index (κ2) is 8.99. The average molecular weight is 405 g/mol. The molecule has 1 unspecified atom stereocenters. The summed E-state index contributed by atoms with van der Waals surface area (Å²) < 4.78 is 30.6. The van der Waals surface area contributed by atoms with Gasteiger partial charge in [-0.1, -0.05) is 29.8 Å². The molecule has 0 aliphatic heterocycles. The Hall–Kier alpha value is -2.70. The number of esters is 1. The Kier molecular flexibility index (Phi) is 6.94. The first-order valence-corrected chi connectivity index (χ1v) is 10.3. The summed E-state index contributed by atoms with van der Waals surface area (Å²) in [6, 6.07) is 9.30. The van der Waals surface area contributed by atoms with E-state index in [9.17, 15) is 23.3 Å². The van der Waals surface area contributed by atoms with Gasteiger partial charge in [0.15, 0.2) is 6.61 Å². The zero-order valence-electron chi connectivity index (χ0n) is 15.8. The lowest BCUT2D eigenvalue weighted by molar-refractivity contribution is -0.147. The lowest BCUT2D eigenvalue weighted by Crippen LogP contribution is -2.48. The van der Waals surface area contributed by atoms with Gasteiger partial charge in [0.25, 0.3) is 5.91 Å². The largest absolute Gasteiger partial charge is 0.455 e. The van der Waals surface area contributed by atoms with Gasteiger partial charge in [0.05, 0.1) is 6.07 Å². The normalized spacial score (nSPS) is 16.2. The predicted octanol–water partition coefficient (Wildman–Crippen LogP) is 1.24. The third-order valence-corrected chi connectivity index (χ3v) is 5.37. The summed E-state index contributed by atoms with van der Waals surface area (Å²) in [6.07, 6.45) is 3.13. The summed E-state index contributed by atoms with van der Waals surface area (Å²) in [7, 11) is -3.83. The molecule has 0 bridgehead atoms. The molecule has 1 fully saturated rings. The highest BCUT2D eigenvalue weighted by Crippen LogP contribution is 2.39.